The van der Waals surface area contributed by atoms with Gasteiger partial charge in [-0.25, -0.2) is 0 Å². The van der Waals surface area contributed by atoms with Crippen LogP contribution >= 0.6 is 11.8 Å². The summed E-state index contributed by atoms with van der Waals surface area (Å²) in [6.45, 7) is 6.13. The van der Waals surface area contributed by atoms with Crippen molar-refractivity contribution in [3.8, 4) is 0 Å². The molecule has 1 aliphatic carbocycles. The second-order valence-corrected chi connectivity index (χ2v) is 7.15. The van der Waals surface area contributed by atoms with E-state index in [9.17, 15) is 0 Å². The number of nitrogens with one attached hydrogen (secondary N) is 1. The van der Waals surface area contributed by atoms with Crippen molar-refractivity contribution in [3.63, 3.8) is 0 Å². The van der Waals surface area contributed by atoms with Crippen molar-refractivity contribution in [3.05, 3.63) is 0 Å². The third kappa shape index (κ3) is 3.66. The lowest BCUT2D eigenvalue weighted by Gasteiger charge is -2.34. The molecule has 1 heterocycles. The van der Waals surface area contributed by atoms with E-state index < -0.39 is 0 Å². The van der Waals surface area contributed by atoms with Crippen molar-refractivity contribution >= 4 is 11.8 Å². The molecule has 0 bridgehead atoms. The van der Waals surface area contributed by atoms with Gasteiger partial charge in [0.1, 0.15) is 0 Å². The first-order valence-corrected chi connectivity index (χ1v) is 8.22. The van der Waals surface area contributed by atoms with Crippen molar-refractivity contribution in [2.75, 3.05) is 18.1 Å². The Hall–Kier alpha value is 0.310. The second-order valence-electron chi connectivity index (χ2n) is 5.93. The average molecular weight is 241 g/mol. The van der Waals surface area contributed by atoms with E-state index in [4.69, 9.17) is 0 Å². The first-order chi connectivity index (χ1) is 7.75. The van der Waals surface area contributed by atoms with Gasteiger partial charge in [0.2, 0.25) is 0 Å². The van der Waals surface area contributed by atoms with Crippen LogP contribution in [0.1, 0.15) is 46.0 Å². The molecule has 3 unspecified atom stereocenters. The van der Waals surface area contributed by atoms with Gasteiger partial charge < -0.3 is 5.32 Å². The van der Waals surface area contributed by atoms with Crippen molar-refractivity contribution in [2.45, 2.75) is 52.0 Å². The van der Waals surface area contributed by atoms with Gasteiger partial charge in [-0.05, 0) is 67.9 Å². The molecule has 16 heavy (non-hydrogen) atoms. The van der Waals surface area contributed by atoms with E-state index in [-0.39, 0.29) is 0 Å². The molecule has 1 nitrogen and oxygen atoms in total. The molecule has 0 amide bonds. The van der Waals surface area contributed by atoms with Crippen LogP contribution in [0, 0.1) is 17.8 Å². The Bertz CT molecular complexity index is 201. The van der Waals surface area contributed by atoms with Crippen LogP contribution < -0.4 is 5.32 Å². The van der Waals surface area contributed by atoms with E-state index in [2.05, 4.69) is 30.9 Å². The lowest BCUT2D eigenvalue weighted by atomic mass is 9.79. The van der Waals surface area contributed by atoms with Crippen LogP contribution in [0.5, 0.6) is 0 Å². The highest BCUT2D eigenvalue weighted by Crippen LogP contribution is 2.29. The molecule has 0 spiro atoms. The minimum atomic E-state index is 0.820. The Morgan fingerprint density at radius 3 is 2.44 bits per heavy atom. The Morgan fingerprint density at radius 2 is 1.75 bits per heavy atom. The molecular formula is C14H27NS. The molecule has 2 rings (SSSR count). The van der Waals surface area contributed by atoms with Crippen molar-refractivity contribution in [2.24, 2.45) is 17.8 Å². The van der Waals surface area contributed by atoms with E-state index in [1.54, 1.807) is 0 Å². The topological polar surface area (TPSA) is 12.0 Å². The van der Waals surface area contributed by atoms with Crippen molar-refractivity contribution in [1.29, 1.82) is 0 Å². The SMILES string of the molecule is CC1CCC(NCC2CCSCC2)CC1C. The van der Waals surface area contributed by atoms with E-state index >= 15 is 0 Å². The van der Waals surface area contributed by atoms with Crippen LogP contribution in [0.2, 0.25) is 0 Å². The van der Waals surface area contributed by atoms with E-state index in [1.165, 1.54) is 50.2 Å². The van der Waals surface area contributed by atoms with Crippen LogP contribution in [0.15, 0.2) is 0 Å². The molecule has 2 aliphatic rings. The molecule has 1 saturated carbocycles. The zero-order chi connectivity index (χ0) is 11.4. The predicted octanol–water partition coefficient (Wildman–Crippen LogP) is 3.54. The summed E-state index contributed by atoms with van der Waals surface area (Å²) in [6, 6.07) is 0.820. The smallest absolute Gasteiger partial charge is 0.00699 e. The van der Waals surface area contributed by atoms with Crippen LogP contribution in [0.4, 0.5) is 0 Å². The van der Waals surface area contributed by atoms with Crippen LogP contribution in [-0.2, 0) is 0 Å². The molecule has 2 heteroatoms. The second kappa shape index (κ2) is 6.30. The number of hydrogen-bond donors (Lipinski definition) is 1. The Balaban J connectivity index is 1.65. The minimum absolute atomic E-state index is 0.820. The molecule has 1 N–H and O–H groups in total. The minimum Gasteiger partial charge on any atom is -0.314 e. The molecule has 0 aromatic carbocycles. The molecule has 0 aromatic rings. The highest BCUT2D eigenvalue weighted by molar-refractivity contribution is 7.99. The standard InChI is InChI=1S/C14H27NS/c1-11-3-4-14(9-12(11)2)15-10-13-5-7-16-8-6-13/h11-15H,3-10H2,1-2H3. The highest BCUT2D eigenvalue weighted by atomic mass is 32.2. The molecule has 3 atom stereocenters. The van der Waals surface area contributed by atoms with Gasteiger partial charge in [0.05, 0.1) is 0 Å². The van der Waals surface area contributed by atoms with Gasteiger partial charge in [0.15, 0.2) is 0 Å². The molecular weight excluding hydrogens is 214 g/mol. The van der Waals surface area contributed by atoms with Crippen LogP contribution in [0.25, 0.3) is 0 Å². The summed E-state index contributed by atoms with van der Waals surface area (Å²) in [7, 11) is 0. The van der Waals surface area contributed by atoms with E-state index in [0.717, 1.165) is 23.8 Å². The summed E-state index contributed by atoms with van der Waals surface area (Å²) < 4.78 is 0. The summed E-state index contributed by atoms with van der Waals surface area (Å²) in [6.07, 6.45) is 7.13. The van der Waals surface area contributed by atoms with Gasteiger partial charge in [-0.2, -0.15) is 11.8 Å². The third-order valence-corrected chi connectivity index (χ3v) is 5.68. The van der Waals surface area contributed by atoms with Gasteiger partial charge in [-0.1, -0.05) is 13.8 Å². The van der Waals surface area contributed by atoms with Crippen molar-refractivity contribution in [1.82, 2.24) is 5.32 Å². The molecule has 2 fully saturated rings. The number of rotatable bonds is 3. The Labute approximate surface area is 105 Å². The largest absolute Gasteiger partial charge is 0.314 e. The van der Waals surface area contributed by atoms with Crippen LogP contribution in [0.3, 0.4) is 0 Å². The third-order valence-electron chi connectivity index (χ3n) is 4.63. The maximum atomic E-state index is 3.83. The maximum Gasteiger partial charge on any atom is 0.00699 e. The molecule has 1 saturated heterocycles. The average Bonchev–Trinajstić information content (AvgIpc) is 2.32. The number of hydrogen-bond acceptors (Lipinski definition) is 2. The molecule has 0 radical (unpaired) electrons. The zero-order valence-corrected chi connectivity index (χ0v) is 11.7. The normalized spacial score (nSPS) is 37.5. The van der Waals surface area contributed by atoms with Crippen molar-refractivity contribution < 1.29 is 0 Å². The fraction of sp³-hybridized carbons (Fsp3) is 1.00. The number of thioether (sulfide) groups is 1. The summed E-state index contributed by atoms with van der Waals surface area (Å²) in [5.41, 5.74) is 0. The fourth-order valence-corrected chi connectivity index (χ4v) is 4.22. The van der Waals surface area contributed by atoms with E-state index in [0.29, 0.717) is 0 Å². The van der Waals surface area contributed by atoms with Gasteiger partial charge >= 0.3 is 0 Å². The molecule has 0 aromatic heterocycles. The first kappa shape index (κ1) is 12.8. The van der Waals surface area contributed by atoms with Crippen LogP contribution in [-0.4, -0.2) is 24.1 Å². The summed E-state index contributed by atoms with van der Waals surface area (Å²) in [4.78, 5) is 0. The van der Waals surface area contributed by atoms with Gasteiger partial charge in [0.25, 0.3) is 0 Å². The molecule has 94 valence electrons. The zero-order valence-electron chi connectivity index (χ0n) is 10.9. The fourth-order valence-electron chi connectivity index (χ4n) is 3.02. The van der Waals surface area contributed by atoms with E-state index in [1.807, 2.05) is 0 Å². The summed E-state index contributed by atoms with van der Waals surface area (Å²) >= 11 is 2.13. The lowest BCUT2D eigenvalue weighted by Crippen LogP contribution is -2.39. The highest BCUT2D eigenvalue weighted by Gasteiger charge is 2.24. The quantitative estimate of drug-likeness (QED) is 0.811. The van der Waals surface area contributed by atoms with Gasteiger partial charge in [-0.15, -0.1) is 0 Å². The maximum absolute atomic E-state index is 3.83. The Kier molecular flexibility index (Phi) is 5.02. The monoisotopic (exact) mass is 241 g/mol. The lowest BCUT2D eigenvalue weighted by molar-refractivity contribution is 0.219. The Morgan fingerprint density at radius 1 is 1.00 bits per heavy atom. The van der Waals surface area contributed by atoms with Gasteiger partial charge in [-0.3, -0.25) is 0 Å². The van der Waals surface area contributed by atoms with Gasteiger partial charge in [0, 0.05) is 6.04 Å². The molecule has 1 aliphatic heterocycles. The summed E-state index contributed by atoms with van der Waals surface area (Å²) in [5.74, 6) is 5.63. The predicted molar refractivity (Wildman–Crippen MR) is 74.0 cm³/mol. The first-order valence-electron chi connectivity index (χ1n) is 7.07. The summed E-state index contributed by atoms with van der Waals surface area (Å²) in [5, 5.41) is 3.83.